The second kappa shape index (κ2) is 5.00. The maximum absolute atomic E-state index is 11.3. The number of aliphatic hydroxyl groups excluding tert-OH is 1. The highest BCUT2D eigenvalue weighted by atomic mass is 16.7. The minimum Gasteiger partial charge on any atom is -0.367 e. The summed E-state index contributed by atoms with van der Waals surface area (Å²) < 4.78 is 19.4. The monoisotopic (exact) mass is 374 g/mol. The number of hydrogen-bond donors (Lipinski definition) is 1. The molecule has 7 fully saturated rings. The third-order valence-corrected chi connectivity index (χ3v) is 9.85. The molecular formula is C23H34O4. The lowest BCUT2D eigenvalue weighted by Gasteiger charge is -2.75. The number of fused-ring (bicyclic) bond motifs is 1. The summed E-state index contributed by atoms with van der Waals surface area (Å²) in [6.07, 6.45) is 7.64. The molecule has 9 atom stereocenters. The van der Waals surface area contributed by atoms with E-state index < -0.39 is 12.1 Å². The zero-order valence-electron chi connectivity index (χ0n) is 17.0. The molecule has 4 unspecified atom stereocenters. The molecule has 5 aliphatic carbocycles. The van der Waals surface area contributed by atoms with E-state index in [9.17, 15) is 5.11 Å². The number of aliphatic hydroxyl groups is 1. The summed E-state index contributed by atoms with van der Waals surface area (Å²) in [5, 5.41) is 11.3. The van der Waals surface area contributed by atoms with Gasteiger partial charge in [-0.25, -0.2) is 0 Å². The van der Waals surface area contributed by atoms with Crippen molar-refractivity contribution in [3.05, 3.63) is 12.2 Å². The van der Waals surface area contributed by atoms with Gasteiger partial charge in [-0.3, -0.25) is 0 Å². The Morgan fingerprint density at radius 2 is 1.81 bits per heavy atom. The van der Waals surface area contributed by atoms with Crippen LogP contribution in [0, 0.1) is 34.0 Å². The van der Waals surface area contributed by atoms with Gasteiger partial charge in [0.05, 0.1) is 18.8 Å². The van der Waals surface area contributed by atoms with Gasteiger partial charge in [-0.15, -0.1) is 0 Å². The molecule has 150 valence electrons. The molecule has 0 aromatic rings. The van der Waals surface area contributed by atoms with Crippen molar-refractivity contribution in [3.8, 4) is 0 Å². The second-order valence-electron chi connectivity index (χ2n) is 11.3. The molecule has 4 nitrogen and oxygen atoms in total. The first-order valence-corrected chi connectivity index (χ1v) is 11.1. The Balaban J connectivity index is 1.55. The van der Waals surface area contributed by atoms with Gasteiger partial charge >= 0.3 is 0 Å². The molecule has 4 heteroatoms. The standard InChI is InChI=1S/C23H34O4/c1-13-14-6-9-23-16(10-14)22-8-5-7-21(4,12-25-19(22)24)15(22)11-17(23)26-20(2,3)27-18(13)23/h14-19,24H,1,5-12H2,2-4H3/t14-,15?,16?,17+,18-,19?,21-,22?,23+/m0/s1. The molecule has 0 aromatic carbocycles. The van der Waals surface area contributed by atoms with Crippen LogP contribution in [-0.4, -0.2) is 36.0 Å². The number of ether oxygens (including phenoxy) is 3. The van der Waals surface area contributed by atoms with Crippen LogP contribution in [-0.2, 0) is 14.2 Å². The fraction of sp³-hybridized carbons (Fsp3) is 0.913. The minimum absolute atomic E-state index is 0.0300. The highest BCUT2D eigenvalue weighted by Gasteiger charge is 2.76. The SMILES string of the molecule is C=C1[C@H]2CC[C@@]34C(C2)C25CCC[C@@](C)(COC2O)C5C[C@H]3OC(C)(C)O[C@@H]14. The fourth-order valence-corrected chi connectivity index (χ4v) is 8.92. The summed E-state index contributed by atoms with van der Waals surface area (Å²) in [6, 6.07) is 0. The molecule has 0 radical (unpaired) electrons. The molecule has 2 aliphatic heterocycles. The molecule has 2 saturated heterocycles. The highest BCUT2D eigenvalue weighted by Crippen LogP contribution is 2.76. The first kappa shape index (κ1) is 17.4. The van der Waals surface area contributed by atoms with Gasteiger partial charge in [0.15, 0.2) is 12.1 Å². The van der Waals surface area contributed by atoms with Crippen molar-refractivity contribution in [2.45, 2.75) is 90.0 Å². The lowest BCUT2D eigenvalue weighted by atomic mass is 9.34. The zero-order chi connectivity index (χ0) is 18.8. The van der Waals surface area contributed by atoms with Gasteiger partial charge in [0, 0.05) is 10.8 Å². The topological polar surface area (TPSA) is 47.9 Å². The average molecular weight is 375 g/mol. The molecule has 7 rings (SSSR count). The number of rotatable bonds is 0. The summed E-state index contributed by atoms with van der Waals surface area (Å²) in [5.41, 5.74) is 1.29. The first-order chi connectivity index (χ1) is 12.7. The van der Waals surface area contributed by atoms with E-state index in [-0.39, 0.29) is 28.5 Å². The van der Waals surface area contributed by atoms with E-state index in [1.165, 1.54) is 24.8 Å². The molecule has 7 aliphatic rings. The maximum atomic E-state index is 11.3. The Kier molecular flexibility index (Phi) is 3.23. The average Bonchev–Trinajstić information content (AvgIpc) is 2.61. The molecule has 5 saturated carbocycles. The van der Waals surface area contributed by atoms with Crippen molar-refractivity contribution >= 4 is 0 Å². The maximum Gasteiger partial charge on any atom is 0.163 e. The van der Waals surface area contributed by atoms with Crippen LogP contribution in [0.5, 0.6) is 0 Å². The van der Waals surface area contributed by atoms with E-state index in [0.717, 1.165) is 25.7 Å². The highest BCUT2D eigenvalue weighted by molar-refractivity contribution is 5.31. The van der Waals surface area contributed by atoms with Crippen molar-refractivity contribution in [2.75, 3.05) is 6.61 Å². The van der Waals surface area contributed by atoms with Crippen molar-refractivity contribution in [1.29, 1.82) is 0 Å². The van der Waals surface area contributed by atoms with Gasteiger partial charge in [-0.2, -0.15) is 0 Å². The largest absolute Gasteiger partial charge is 0.367 e. The Morgan fingerprint density at radius 3 is 2.63 bits per heavy atom. The molecular weight excluding hydrogens is 340 g/mol. The van der Waals surface area contributed by atoms with Crippen molar-refractivity contribution in [2.24, 2.45) is 34.0 Å². The third kappa shape index (κ3) is 1.85. The first-order valence-electron chi connectivity index (χ1n) is 11.1. The molecule has 1 spiro atoms. The van der Waals surface area contributed by atoms with Crippen LogP contribution in [0.1, 0.15) is 65.7 Å². The lowest BCUT2D eigenvalue weighted by molar-refractivity contribution is -0.421. The summed E-state index contributed by atoms with van der Waals surface area (Å²) >= 11 is 0. The Morgan fingerprint density at radius 1 is 1.00 bits per heavy atom. The van der Waals surface area contributed by atoms with Gasteiger partial charge in [0.1, 0.15) is 0 Å². The van der Waals surface area contributed by atoms with Gasteiger partial charge in [0.2, 0.25) is 0 Å². The van der Waals surface area contributed by atoms with Crippen LogP contribution in [0.4, 0.5) is 0 Å². The van der Waals surface area contributed by atoms with Crippen LogP contribution in [0.3, 0.4) is 0 Å². The van der Waals surface area contributed by atoms with E-state index in [1.807, 2.05) is 0 Å². The fourth-order valence-electron chi connectivity index (χ4n) is 8.92. The van der Waals surface area contributed by atoms with Crippen LogP contribution < -0.4 is 0 Å². The molecule has 0 amide bonds. The summed E-state index contributed by atoms with van der Waals surface area (Å²) in [5.74, 6) is 0.849. The molecule has 27 heavy (non-hydrogen) atoms. The normalized spacial score (nSPS) is 60.5. The smallest absolute Gasteiger partial charge is 0.163 e. The van der Waals surface area contributed by atoms with E-state index in [1.54, 1.807) is 0 Å². The van der Waals surface area contributed by atoms with Gasteiger partial charge in [0.25, 0.3) is 0 Å². The van der Waals surface area contributed by atoms with Gasteiger partial charge < -0.3 is 19.3 Å². The van der Waals surface area contributed by atoms with Crippen LogP contribution in [0.2, 0.25) is 0 Å². The van der Waals surface area contributed by atoms with E-state index in [4.69, 9.17) is 14.2 Å². The Bertz CT molecular complexity index is 702. The van der Waals surface area contributed by atoms with Gasteiger partial charge in [-0.05, 0) is 81.1 Å². The Hall–Kier alpha value is -0.420. The minimum atomic E-state index is -0.639. The molecule has 0 aromatic heterocycles. The molecule has 4 bridgehead atoms. The van der Waals surface area contributed by atoms with Crippen LogP contribution in [0.15, 0.2) is 12.2 Å². The third-order valence-electron chi connectivity index (χ3n) is 9.85. The van der Waals surface area contributed by atoms with Gasteiger partial charge in [-0.1, -0.05) is 19.9 Å². The summed E-state index contributed by atoms with van der Waals surface area (Å²) in [4.78, 5) is 0. The Labute approximate surface area is 162 Å². The van der Waals surface area contributed by atoms with E-state index in [0.29, 0.717) is 24.4 Å². The van der Waals surface area contributed by atoms with E-state index >= 15 is 0 Å². The predicted molar refractivity (Wildman–Crippen MR) is 101 cm³/mol. The van der Waals surface area contributed by atoms with Crippen molar-refractivity contribution in [1.82, 2.24) is 0 Å². The van der Waals surface area contributed by atoms with E-state index in [2.05, 4.69) is 27.4 Å². The van der Waals surface area contributed by atoms with Crippen molar-refractivity contribution < 1.29 is 19.3 Å². The quantitative estimate of drug-likeness (QED) is 0.651. The molecule has 1 N–H and O–H groups in total. The summed E-state index contributed by atoms with van der Waals surface area (Å²) in [6.45, 7) is 11.7. The van der Waals surface area contributed by atoms with Crippen LogP contribution in [0.25, 0.3) is 0 Å². The second-order valence-corrected chi connectivity index (χ2v) is 11.3. The van der Waals surface area contributed by atoms with Crippen LogP contribution >= 0.6 is 0 Å². The molecule has 2 heterocycles. The summed E-state index contributed by atoms with van der Waals surface area (Å²) in [7, 11) is 0. The predicted octanol–water partition coefficient (Wildman–Crippen LogP) is 4.02. The zero-order valence-corrected chi connectivity index (χ0v) is 17.0. The van der Waals surface area contributed by atoms with Crippen molar-refractivity contribution in [3.63, 3.8) is 0 Å². The lowest BCUT2D eigenvalue weighted by Crippen LogP contribution is -2.77. The number of hydrogen-bond acceptors (Lipinski definition) is 4.